The average Bonchev–Trinajstić information content (AvgIpc) is 3.35. The van der Waals surface area contributed by atoms with E-state index in [1.807, 2.05) is 6.07 Å². The second kappa shape index (κ2) is 8.61. The highest BCUT2D eigenvalue weighted by Gasteiger charge is 2.29. The minimum absolute atomic E-state index is 0.0343. The van der Waals surface area contributed by atoms with Crippen molar-refractivity contribution in [2.24, 2.45) is 5.92 Å². The van der Waals surface area contributed by atoms with Gasteiger partial charge in [-0.1, -0.05) is 25.1 Å². The maximum absolute atomic E-state index is 12.1. The van der Waals surface area contributed by atoms with Gasteiger partial charge in [-0.05, 0) is 18.4 Å². The normalized spacial score (nSPS) is 18.5. The molecule has 1 aliphatic rings. The number of piperidine rings is 1. The van der Waals surface area contributed by atoms with E-state index >= 15 is 0 Å². The Balaban J connectivity index is 1.62. The van der Waals surface area contributed by atoms with Gasteiger partial charge in [-0.3, -0.25) is 14.6 Å². The fraction of sp³-hybridized carbons (Fsp3) is 0.368. The number of halogens is 1. The maximum Gasteiger partial charge on any atom is 0.246 e. The van der Waals surface area contributed by atoms with Crippen LogP contribution in [0, 0.1) is 17.2 Å². The first kappa shape index (κ1) is 20.6. The fourth-order valence-corrected chi connectivity index (χ4v) is 3.75. The topological polar surface area (TPSA) is 140 Å². The van der Waals surface area contributed by atoms with Crippen molar-refractivity contribution in [3.8, 4) is 6.07 Å². The van der Waals surface area contributed by atoms with E-state index in [4.69, 9.17) is 16.9 Å². The largest absolute Gasteiger partial charge is 0.364 e. The summed E-state index contributed by atoms with van der Waals surface area (Å²) in [6.45, 7) is 7.07. The predicted molar refractivity (Wildman–Crippen MR) is 116 cm³/mol. The summed E-state index contributed by atoms with van der Waals surface area (Å²) in [6, 6.07) is 2.00. The van der Waals surface area contributed by atoms with Crippen LogP contribution in [0.5, 0.6) is 0 Å². The number of rotatable bonds is 6. The second-order valence-electron chi connectivity index (χ2n) is 7.35. The van der Waals surface area contributed by atoms with Crippen LogP contribution in [-0.2, 0) is 11.3 Å². The van der Waals surface area contributed by atoms with E-state index in [-0.39, 0.29) is 23.6 Å². The number of hydrogen-bond donors (Lipinski definition) is 3. The number of carbonyl (C=O) groups excluding carboxylic acids is 1. The number of carbonyl (C=O) groups is 1. The van der Waals surface area contributed by atoms with Gasteiger partial charge in [0.25, 0.3) is 0 Å². The predicted octanol–water partition coefficient (Wildman–Crippen LogP) is 2.30. The number of fused-ring (bicyclic) bond motifs is 1. The Morgan fingerprint density at radius 3 is 3.13 bits per heavy atom. The van der Waals surface area contributed by atoms with Gasteiger partial charge in [-0.2, -0.15) is 25.4 Å². The van der Waals surface area contributed by atoms with Gasteiger partial charge in [0.2, 0.25) is 11.9 Å². The number of anilines is 3. The van der Waals surface area contributed by atoms with Gasteiger partial charge in [0.15, 0.2) is 10.8 Å². The van der Waals surface area contributed by atoms with Gasteiger partial charge >= 0.3 is 0 Å². The zero-order chi connectivity index (χ0) is 22.0. The molecule has 0 unspecified atom stereocenters. The van der Waals surface area contributed by atoms with Crippen molar-refractivity contribution in [2.75, 3.05) is 23.7 Å². The van der Waals surface area contributed by atoms with Gasteiger partial charge in [-0.15, -0.1) is 0 Å². The lowest BCUT2D eigenvalue weighted by molar-refractivity contribution is -0.127. The molecule has 0 aliphatic carbocycles. The Hall–Kier alpha value is -3.65. The summed E-state index contributed by atoms with van der Waals surface area (Å²) >= 11 is 6.28. The van der Waals surface area contributed by atoms with Crippen molar-refractivity contribution < 1.29 is 4.79 Å². The van der Waals surface area contributed by atoms with Gasteiger partial charge < -0.3 is 15.5 Å². The second-order valence-corrected chi connectivity index (χ2v) is 7.71. The van der Waals surface area contributed by atoms with Crippen LogP contribution in [0.2, 0.25) is 5.15 Å². The maximum atomic E-state index is 12.1. The number of nitrogens with zero attached hydrogens (tertiary/aromatic N) is 7. The van der Waals surface area contributed by atoms with Crippen LogP contribution in [0.25, 0.3) is 11.0 Å². The molecule has 12 heteroatoms. The van der Waals surface area contributed by atoms with Crippen molar-refractivity contribution in [3.63, 3.8) is 0 Å². The van der Waals surface area contributed by atoms with Crippen LogP contribution in [0.15, 0.2) is 25.0 Å². The third kappa shape index (κ3) is 4.29. The van der Waals surface area contributed by atoms with Gasteiger partial charge in [-0.25, -0.2) is 0 Å². The molecule has 2 atom stereocenters. The van der Waals surface area contributed by atoms with E-state index in [9.17, 15) is 4.79 Å². The van der Waals surface area contributed by atoms with Gasteiger partial charge in [0.05, 0.1) is 18.0 Å². The zero-order valence-corrected chi connectivity index (χ0v) is 17.6. The molecule has 1 amide bonds. The molecule has 31 heavy (non-hydrogen) atoms. The summed E-state index contributed by atoms with van der Waals surface area (Å²) in [6.07, 6.45) is 5.46. The Labute approximate surface area is 183 Å². The smallest absolute Gasteiger partial charge is 0.246 e. The quantitative estimate of drug-likeness (QED) is 0.496. The third-order valence-electron chi connectivity index (χ3n) is 5.26. The number of hydrogen-bond acceptors (Lipinski definition) is 8. The monoisotopic (exact) mass is 440 g/mol. The number of nitriles is 1. The molecule has 0 saturated carbocycles. The molecule has 160 valence electrons. The summed E-state index contributed by atoms with van der Waals surface area (Å²) < 4.78 is 1.50. The van der Waals surface area contributed by atoms with Crippen LogP contribution >= 0.6 is 11.6 Å². The Kier molecular flexibility index (Phi) is 5.73. The first-order valence-corrected chi connectivity index (χ1v) is 10.1. The van der Waals surface area contributed by atoms with Crippen molar-refractivity contribution in [2.45, 2.75) is 25.9 Å². The summed E-state index contributed by atoms with van der Waals surface area (Å²) in [4.78, 5) is 22.9. The highest BCUT2D eigenvalue weighted by Crippen LogP contribution is 2.30. The minimum atomic E-state index is -0.0929. The molecule has 11 nitrogen and oxygen atoms in total. The highest BCUT2D eigenvalue weighted by atomic mass is 35.5. The third-order valence-corrected chi connectivity index (χ3v) is 5.54. The number of aromatic amines is 1. The highest BCUT2D eigenvalue weighted by molar-refractivity contribution is 6.35. The number of aromatic nitrogens is 6. The lowest BCUT2D eigenvalue weighted by atomic mass is 9.93. The molecule has 1 aliphatic heterocycles. The summed E-state index contributed by atoms with van der Waals surface area (Å²) in [5, 5.41) is 27.1. The minimum Gasteiger partial charge on any atom is -0.364 e. The van der Waals surface area contributed by atoms with Gasteiger partial charge in [0.1, 0.15) is 17.7 Å². The van der Waals surface area contributed by atoms with E-state index in [0.29, 0.717) is 47.5 Å². The number of likely N-dealkylation sites (tertiary alicyclic amines) is 1. The Morgan fingerprint density at radius 1 is 1.52 bits per heavy atom. The summed E-state index contributed by atoms with van der Waals surface area (Å²) in [7, 11) is 0. The number of amides is 1. The van der Waals surface area contributed by atoms with E-state index in [1.165, 1.54) is 10.8 Å². The Morgan fingerprint density at radius 2 is 2.35 bits per heavy atom. The molecular formula is C19H21ClN10O. The van der Waals surface area contributed by atoms with E-state index in [1.54, 1.807) is 17.3 Å². The molecule has 4 heterocycles. The zero-order valence-electron chi connectivity index (χ0n) is 16.8. The van der Waals surface area contributed by atoms with Crippen molar-refractivity contribution in [3.05, 3.63) is 30.2 Å². The van der Waals surface area contributed by atoms with Gasteiger partial charge in [0, 0.05) is 25.3 Å². The summed E-state index contributed by atoms with van der Waals surface area (Å²) in [5.41, 5.74) is 1.11. The molecule has 3 aromatic heterocycles. The SMILES string of the molecule is C=CC(=O)N1CC[C@@H](C)[C@@H](Nc2nc(Nc3cnn(CC#N)c3)nc3[nH]nc(Cl)c23)C1. The fourth-order valence-electron chi connectivity index (χ4n) is 3.53. The summed E-state index contributed by atoms with van der Waals surface area (Å²) in [5.74, 6) is 1.05. The molecule has 0 bridgehead atoms. The number of H-pyrrole nitrogens is 1. The average molecular weight is 441 g/mol. The molecule has 1 fully saturated rings. The molecule has 4 rings (SSSR count). The molecule has 0 radical (unpaired) electrons. The molecule has 0 spiro atoms. The number of nitrogens with one attached hydrogen (secondary N) is 3. The van der Waals surface area contributed by atoms with Crippen molar-refractivity contribution in [1.82, 2.24) is 34.8 Å². The van der Waals surface area contributed by atoms with E-state index in [2.05, 4.69) is 49.4 Å². The molecule has 3 N–H and O–H groups in total. The van der Waals surface area contributed by atoms with Crippen molar-refractivity contribution in [1.29, 1.82) is 5.26 Å². The van der Waals surface area contributed by atoms with Crippen LogP contribution < -0.4 is 10.6 Å². The first-order chi connectivity index (χ1) is 15.0. The first-order valence-electron chi connectivity index (χ1n) is 9.74. The molecular weight excluding hydrogens is 420 g/mol. The van der Waals surface area contributed by atoms with E-state index in [0.717, 1.165) is 6.42 Å². The molecule has 0 aromatic carbocycles. The van der Waals surface area contributed by atoms with Crippen LogP contribution in [0.4, 0.5) is 17.5 Å². The Bertz CT molecular complexity index is 1160. The van der Waals surface area contributed by atoms with Crippen LogP contribution in [-0.4, -0.2) is 59.9 Å². The van der Waals surface area contributed by atoms with E-state index < -0.39 is 0 Å². The molecule has 1 saturated heterocycles. The molecule has 3 aromatic rings. The lowest BCUT2D eigenvalue weighted by Gasteiger charge is -2.37. The lowest BCUT2D eigenvalue weighted by Crippen LogP contribution is -2.48. The van der Waals surface area contributed by atoms with Crippen LogP contribution in [0.1, 0.15) is 13.3 Å². The standard InChI is InChI=1S/C19H21ClN10O/c1-3-14(31)29-6-4-11(2)13(10-29)24-17-15-16(20)27-28-18(15)26-19(25-17)23-12-8-22-30(9-12)7-5-21/h3,8-9,11,13H,1,4,6-7,10H2,2H3,(H3,23,24,25,26,27,28)/t11-,13+/m1/s1. The van der Waals surface area contributed by atoms with Crippen molar-refractivity contribution >= 4 is 46.0 Å². The van der Waals surface area contributed by atoms with Crippen LogP contribution in [0.3, 0.4) is 0 Å².